The molecule has 0 amide bonds. The molecule has 0 fully saturated rings. The second kappa shape index (κ2) is 6.28. The summed E-state index contributed by atoms with van der Waals surface area (Å²) in [6.07, 6.45) is 2.72. The molecule has 3 rings (SSSR count). The molecule has 132 valence electrons. The molecule has 0 aliphatic carbocycles. The Hall–Kier alpha value is -3.18. The van der Waals surface area contributed by atoms with E-state index in [9.17, 15) is 9.00 Å². The molecule has 0 saturated carbocycles. The van der Waals surface area contributed by atoms with Crippen molar-refractivity contribution in [2.24, 2.45) is 0 Å². The van der Waals surface area contributed by atoms with Crippen LogP contribution in [-0.2, 0) is 9.73 Å². The number of benzene rings is 1. The van der Waals surface area contributed by atoms with Crippen LogP contribution in [0.1, 0.15) is 11.3 Å². The number of hydrogen-bond donors (Lipinski definition) is 2. The van der Waals surface area contributed by atoms with Gasteiger partial charge >= 0.3 is 0 Å². The summed E-state index contributed by atoms with van der Waals surface area (Å²) in [5.74, 6) is 0.368. The average molecular weight is 367 g/mol. The molecule has 0 bridgehead atoms. The molecule has 0 radical (unpaired) electrons. The summed E-state index contributed by atoms with van der Waals surface area (Å²) in [6, 6.07) is 8.45. The third-order valence-electron chi connectivity index (χ3n) is 4.05. The molecule has 2 heterocycles. The van der Waals surface area contributed by atoms with Crippen LogP contribution in [0.2, 0.25) is 0 Å². The zero-order valence-electron chi connectivity index (χ0n) is 14.5. The maximum Gasteiger partial charge on any atom is 0.280 e. The van der Waals surface area contributed by atoms with Gasteiger partial charge in [-0.2, -0.15) is 0 Å². The Kier molecular flexibility index (Phi) is 4.26. The van der Waals surface area contributed by atoms with Gasteiger partial charge in [0.25, 0.3) is 5.56 Å². The van der Waals surface area contributed by atoms with Crippen molar-refractivity contribution < 1.29 is 4.21 Å². The van der Waals surface area contributed by atoms with Crippen LogP contribution in [0.4, 0.5) is 5.69 Å². The largest absolute Gasteiger partial charge is 0.293 e. The highest BCUT2D eigenvalue weighted by atomic mass is 32.2. The number of aryl methyl sites for hydroxylation is 2. The van der Waals surface area contributed by atoms with E-state index in [1.54, 1.807) is 44.2 Å². The smallest absolute Gasteiger partial charge is 0.280 e. The minimum atomic E-state index is -2.88. The van der Waals surface area contributed by atoms with Crippen LogP contribution in [-0.4, -0.2) is 25.2 Å². The van der Waals surface area contributed by atoms with Gasteiger partial charge in [0, 0.05) is 18.1 Å². The molecule has 2 N–H and O–H groups in total. The van der Waals surface area contributed by atoms with E-state index in [2.05, 4.69) is 14.9 Å². The first-order valence-corrected chi connectivity index (χ1v) is 9.69. The quantitative estimate of drug-likeness (QED) is 0.694. The third-order valence-corrected chi connectivity index (χ3v) is 5.32. The molecule has 1 unspecified atom stereocenters. The van der Waals surface area contributed by atoms with Gasteiger partial charge in [0.05, 0.1) is 26.8 Å². The van der Waals surface area contributed by atoms with Gasteiger partial charge in [0.2, 0.25) is 0 Å². The monoisotopic (exact) mass is 367 g/mol. The van der Waals surface area contributed by atoms with Crippen LogP contribution < -0.4 is 5.56 Å². The summed E-state index contributed by atoms with van der Waals surface area (Å²) < 4.78 is 21.0. The number of aromatic amines is 1. The first-order valence-electron chi connectivity index (χ1n) is 7.72. The summed E-state index contributed by atoms with van der Waals surface area (Å²) in [6.45, 7) is 10.5. The standard InChI is InChI=1S/C18H17N5O2S/c1-11-9-16(21-10-15(11)26(4,19)25)23-18(24)17(12(2)22-23)13-5-7-14(20-3)8-6-13/h5-10,19,22H,1-2,4H3. The highest BCUT2D eigenvalue weighted by Crippen LogP contribution is 2.23. The molecule has 26 heavy (non-hydrogen) atoms. The molecular weight excluding hydrogens is 350 g/mol. The fourth-order valence-electron chi connectivity index (χ4n) is 2.81. The second-order valence-corrected chi connectivity index (χ2v) is 8.19. The molecule has 2 aromatic heterocycles. The fraction of sp³-hybridized carbons (Fsp3) is 0.167. The van der Waals surface area contributed by atoms with E-state index in [0.717, 1.165) is 0 Å². The van der Waals surface area contributed by atoms with E-state index in [0.29, 0.717) is 38.8 Å². The molecule has 0 saturated heterocycles. The van der Waals surface area contributed by atoms with E-state index in [4.69, 9.17) is 11.4 Å². The van der Waals surface area contributed by atoms with Crippen LogP contribution in [0.5, 0.6) is 0 Å². The summed E-state index contributed by atoms with van der Waals surface area (Å²) in [5, 5.41) is 3.00. The summed E-state index contributed by atoms with van der Waals surface area (Å²) in [5.41, 5.74) is 2.78. The lowest BCUT2D eigenvalue weighted by Gasteiger charge is -2.07. The van der Waals surface area contributed by atoms with Gasteiger partial charge in [-0.25, -0.2) is 23.5 Å². The molecule has 7 nitrogen and oxygen atoms in total. The Morgan fingerprint density at radius 1 is 1.27 bits per heavy atom. The van der Waals surface area contributed by atoms with Gasteiger partial charge < -0.3 is 0 Å². The predicted molar refractivity (Wildman–Crippen MR) is 100 cm³/mol. The molecular formula is C18H17N5O2S. The van der Waals surface area contributed by atoms with E-state index < -0.39 is 9.73 Å². The van der Waals surface area contributed by atoms with E-state index in [-0.39, 0.29) is 5.56 Å². The van der Waals surface area contributed by atoms with Crippen LogP contribution in [0, 0.1) is 25.2 Å². The van der Waals surface area contributed by atoms with Crippen LogP contribution >= 0.6 is 0 Å². The Bertz CT molecular complexity index is 1200. The first kappa shape index (κ1) is 17.6. The molecule has 1 atom stereocenters. The van der Waals surface area contributed by atoms with Crippen molar-refractivity contribution in [1.29, 1.82) is 4.78 Å². The Balaban J connectivity index is 2.13. The van der Waals surface area contributed by atoms with Crippen molar-refractivity contribution in [2.45, 2.75) is 18.7 Å². The lowest BCUT2D eigenvalue weighted by atomic mass is 10.1. The van der Waals surface area contributed by atoms with Crippen molar-refractivity contribution in [3.63, 3.8) is 0 Å². The second-order valence-electron chi connectivity index (χ2n) is 6.06. The maximum absolute atomic E-state index is 12.9. The maximum atomic E-state index is 12.9. The number of aromatic nitrogens is 3. The van der Waals surface area contributed by atoms with Gasteiger partial charge in [-0.1, -0.05) is 24.3 Å². The number of pyridine rings is 1. The van der Waals surface area contributed by atoms with Crippen LogP contribution in [0.15, 0.2) is 46.2 Å². The average Bonchev–Trinajstić information content (AvgIpc) is 2.88. The third kappa shape index (κ3) is 3.05. The number of nitrogens with one attached hydrogen (secondary N) is 2. The summed E-state index contributed by atoms with van der Waals surface area (Å²) in [7, 11) is -2.88. The zero-order chi connectivity index (χ0) is 19.1. The topological polar surface area (TPSA) is 96.0 Å². The normalized spacial score (nSPS) is 13.2. The summed E-state index contributed by atoms with van der Waals surface area (Å²) in [4.78, 5) is 20.8. The Morgan fingerprint density at radius 2 is 1.92 bits per heavy atom. The van der Waals surface area contributed by atoms with Gasteiger partial charge in [-0.3, -0.25) is 9.89 Å². The van der Waals surface area contributed by atoms with Gasteiger partial charge in [0.1, 0.15) is 0 Å². The van der Waals surface area contributed by atoms with Crippen molar-refractivity contribution in [2.75, 3.05) is 6.26 Å². The minimum Gasteiger partial charge on any atom is -0.293 e. The molecule has 0 aliphatic heterocycles. The molecule has 1 aromatic carbocycles. The van der Waals surface area contributed by atoms with Crippen molar-refractivity contribution in [3.05, 3.63) is 69.6 Å². The van der Waals surface area contributed by atoms with Gasteiger partial charge in [0.15, 0.2) is 11.5 Å². The Morgan fingerprint density at radius 3 is 2.46 bits per heavy atom. The number of rotatable bonds is 3. The minimum absolute atomic E-state index is 0.263. The SMILES string of the molecule is [C-]#[N+]c1ccc(-c2c(C)[nH]n(-c3cc(C)c(S(C)(=N)=O)cn3)c2=O)cc1. The molecule has 8 heteroatoms. The Labute approximate surface area is 151 Å². The number of hydrogen-bond acceptors (Lipinski definition) is 4. The van der Waals surface area contributed by atoms with Crippen molar-refractivity contribution in [3.8, 4) is 16.9 Å². The number of H-pyrrole nitrogens is 1. The highest BCUT2D eigenvalue weighted by molar-refractivity contribution is 7.91. The molecule has 3 aromatic rings. The lowest BCUT2D eigenvalue weighted by Crippen LogP contribution is -2.17. The zero-order valence-corrected chi connectivity index (χ0v) is 15.3. The van der Waals surface area contributed by atoms with Gasteiger partial charge in [-0.05, 0) is 31.0 Å². The van der Waals surface area contributed by atoms with Gasteiger partial charge in [-0.15, -0.1) is 0 Å². The molecule has 0 spiro atoms. The van der Waals surface area contributed by atoms with E-state index in [1.165, 1.54) is 17.1 Å². The van der Waals surface area contributed by atoms with Crippen LogP contribution in [0.25, 0.3) is 21.8 Å². The predicted octanol–water partition coefficient (Wildman–Crippen LogP) is 3.43. The first-order chi connectivity index (χ1) is 12.2. The van der Waals surface area contributed by atoms with Crippen molar-refractivity contribution in [1.82, 2.24) is 14.8 Å². The lowest BCUT2D eigenvalue weighted by molar-refractivity contribution is 0.677. The van der Waals surface area contributed by atoms with E-state index in [1.807, 2.05) is 0 Å². The van der Waals surface area contributed by atoms with Crippen LogP contribution in [0.3, 0.4) is 0 Å². The summed E-state index contributed by atoms with van der Waals surface area (Å²) >= 11 is 0. The fourth-order valence-corrected chi connectivity index (χ4v) is 3.74. The van der Waals surface area contributed by atoms with E-state index >= 15 is 0 Å². The number of nitrogens with zero attached hydrogens (tertiary/aromatic N) is 3. The van der Waals surface area contributed by atoms with Crippen molar-refractivity contribution >= 4 is 15.4 Å². The molecule has 0 aliphatic rings. The highest BCUT2D eigenvalue weighted by Gasteiger charge is 2.16.